The highest BCUT2D eigenvalue weighted by Gasteiger charge is 2.05. The van der Waals surface area contributed by atoms with Crippen LogP contribution in [0.25, 0.3) is 0 Å². The molecule has 1 aromatic carbocycles. The quantitative estimate of drug-likeness (QED) is 0.393. The second kappa shape index (κ2) is 4.79. The first-order valence-corrected chi connectivity index (χ1v) is 4.83. The summed E-state index contributed by atoms with van der Waals surface area (Å²) in [6, 6.07) is 3.76. The highest BCUT2D eigenvalue weighted by molar-refractivity contribution is 5.75. The van der Waals surface area contributed by atoms with Gasteiger partial charge in [-0.1, -0.05) is 12.1 Å². The molecule has 1 amide bonds. The van der Waals surface area contributed by atoms with E-state index >= 15 is 0 Å². The molecule has 15 heavy (non-hydrogen) atoms. The standard InChI is InChI=1S/C11H16N2O2/c1-7-5-9(3-4-10(14)13-12)6-8(2)11(7)15/h5-6,15H,3-4,12H2,1-2H3,(H,13,14). The van der Waals surface area contributed by atoms with Crippen molar-refractivity contribution in [3.8, 4) is 5.75 Å². The number of phenols is 1. The Balaban J connectivity index is 2.75. The van der Waals surface area contributed by atoms with Crippen LogP contribution in [0.2, 0.25) is 0 Å². The smallest absolute Gasteiger partial charge is 0.234 e. The minimum absolute atomic E-state index is 0.182. The summed E-state index contributed by atoms with van der Waals surface area (Å²) in [5, 5.41) is 9.56. The third kappa shape index (κ3) is 2.95. The minimum atomic E-state index is -0.182. The van der Waals surface area contributed by atoms with E-state index in [0.717, 1.165) is 16.7 Å². The fourth-order valence-electron chi connectivity index (χ4n) is 1.52. The highest BCUT2D eigenvalue weighted by atomic mass is 16.3. The lowest BCUT2D eigenvalue weighted by atomic mass is 10.0. The van der Waals surface area contributed by atoms with Gasteiger partial charge in [0.1, 0.15) is 5.75 Å². The Morgan fingerprint density at radius 3 is 2.40 bits per heavy atom. The zero-order valence-electron chi connectivity index (χ0n) is 9.00. The zero-order chi connectivity index (χ0) is 11.4. The number of rotatable bonds is 3. The first kappa shape index (κ1) is 11.5. The molecule has 0 unspecified atom stereocenters. The number of carbonyl (C=O) groups is 1. The van der Waals surface area contributed by atoms with Crippen LogP contribution in [0.1, 0.15) is 23.1 Å². The van der Waals surface area contributed by atoms with Crippen molar-refractivity contribution in [1.29, 1.82) is 0 Å². The van der Waals surface area contributed by atoms with Crippen molar-refractivity contribution in [2.45, 2.75) is 26.7 Å². The highest BCUT2D eigenvalue weighted by Crippen LogP contribution is 2.23. The second-order valence-corrected chi connectivity index (χ2v) is 3.65. The monoisotopic (exact) mass is 208 g/mol. The molecule has 4 nitrogen and oxygen atoms in total. The van der Waals surface area contributed by atoms with Gasteiger partial charge in [-0.15, -0.1) is 0 Å². The Morgan fingerprint density at radius 1 is 1.40 bits per heavy atom. The van der Waals surface area contributed by atoms with Crippen molar-refractivity contribution in [3.63, 3.8) is 0 Å². The van der Waals surface area contributed by atoms with E-state index in [1.54, 1.807) is 0 Å². The van der Waals surface area contributed by atoms with Crippen molar-refractivity contribution in [1.82, 2.24) is 5.43 Å². The van der Waals surface area contributed by atoms with Gasteiger partial charge in [-0.25, -0.2) is 5.84 Å². The molecule has 0 saturated carbocycles. The number of hydrazine groups is 1. The van der Waals surface area contributed by atoms with Crippen LogP contribution in [-0.4, -0.2) is 11.0 Å². The van der Waals surface area contributed by atoms with Crippen LogP contribution >= 0.6 is 0 Å². The van der Waals surface area contributed by atoms with Crippen LogP contribution < -0.4 is 11.3 Å². The molecule has 1 rings (SSSR count). The van der Waals surface area contributed by atoms with Crippen LogP contribution in [0.15, 0.2) is 12.1 Å². The summed E-state index contributed by atoms with van der Waals surface area (Å²) in [6.45, 7) is 3.68. The fourth-order valence-corrected chi connectivity index (χ4v) is 1.52. The molecule has 0 radical (unpaired) electrons. The Hall–Kier alpha value is -1.55. The number of benzene rings is 1. The molecule has 1 aromatic rings. The predicted molar refractivity (Wildman–Crippen MR) is 58.2 cm³/mol. The summed E-state index contributed by atoms with van der Waals surface area (Å²) in [5.74, 6) is 5.12. The van der Waals surface area contributed by atoms with Crippen molar-refractivity contribution >= 4 is 5.91 Å². The molecule has 82 valence electrons. The molecule has 0 heterocycles. The number of aryl methyl sites for hydroxylation is 3. The number of hydrogen-bond acceptors (Lipinski definition) is 3. The molecule has 0 atom stereocenters. The third-order valence-electron chi connectivity index (χ3n) is 2.35. The molecule has 0 spiro atoms. The lowest BCUT2D eigenvalue weighted by molar-refractivity contribution is -0.121. The van der Waals surface area contributed by atoms with Crippen LogP contribution in [-0.2, 0) is 11.2 Å². The number of amides is 1. The Labute approximate surface area is 89.1 Å². The fraction of sp³-hybridized carbons (Fsp3) is 0.364. The predicted octanol–water partition coefficient (Wildman–Crippen LogP) is 0.932. The van der Waals surface area contributed by atoms with Gasteiger partial charge in [-0.2, -0.15) is 0 Å². The minimum Gasteiger partial charge on any atom is -0.507 e. The Morgan fingerprint density at radius 2 is 1.93 bits per heavy atom. The van der Waals surface area contributed by atoms with Gasteiger partial charge in [-0.05, 0) is 37.0 Å². The summed E-state index contributed by atoms with van der Waals surface area (Å²) in [6.07, 6.45) is 0.991. The molecule has 0 aliphatic heterocycles. The topological polar surface area (TPSA) is 75.4 Å². The number of aromatic hydroxyl groups is 1. The Bertz CT molecular complexity index is 352. The largest absolute Gasteiger partial charge is 0.507 e. The van der Waals surface area contributed by atoms with Gasteiger partial charge >= 0.3 is 0 Å². The van der Waals surface area contributed by atoms with Crippen molar-refractivity contribution < 1.29 is 9.90 Å². The van der Waals surface area contributed by atoms with Crippen LogP contribution in [0, 0.1) is 13.8 Å². The van der Waals surface area contributed by atoms with E-state index in [1.807, 2.05) is 26.0 Å². The van der Waals surface area contributed by atoms with Gasteiger partial charge in [0.05, 0.1) is 0 Å². The molecular weight excluding hydrogens is 192 g/mol. The van der Waals surface area contributed by atoms with Gasteiger partial charge < -0.3 is 5.11 Å². The average Bonchev–Trinajstić information content (AvgIpc) is 2.22. The summed E-state index contributed by atoms with van der Waals surface area (Å²) in [4.78, 5) is 10.9. The first-order valence-electron chi connectivity index (χ1n) is 4.83. The molecule has 0 saturated heterocycles. The Kier molecular flexibility index (Phi) is 3.68. The molecule has 0 bridgehead atoms. The van der Waals surface area contributed by atoms with E-state index in [1.165, 1.54) is 0 Å². The maximum atomic E-state index is 10.9. The van der Waals surface area contributed by atoms with Crippen LogP contribution in [0.4, 0.5) is 0 Å². The van der Waals surface area contributed by atoms with E-state index in [4.69, 9.17) is 5.84 Å². The zero-order valence-corrected chi connectivity index (χ0v) is 9.00. The van der Waals surface area contributed by atoms with Crippen LogP contribution in [0.3, 0.4) is 0 Å². The van der Waals surface area contributed by atoms with E-state index in [-0.39, 0.29) is 5.91 Å². The molecule has 4 heteroatoms. The second-order valence-electron chi connectivity index (χ2n) is 3.65. The summed E-state index contributed by atoms with van der Waals surface area (Å²) in [7, 11) is 0. The maximum absolute atomic E-state index is 10.9. The normalized spacial score (nSPS) is 10.1. The number of nitrogens with two attached hydrogens (primary N) is 1. The number of carbonyl (C=O) groups excluding carboxylic acids is 1. The first-order chi connectivity index (χ1) is 7.04. The summed E-state index contributed by atoms with van der Waals surface area (Å²) < 4.78 is 0. The van der Waals surface area contributed by atoms with Crippen LogP contribution in [0.5, 0.6) is 5.75 Å². The van der Waals surface area contributed by atoms with E-state index < -0.39 is 0 Å². The molecule has 0 aromatic heterocycles. The van der Waals surface area contributed by atoms with Crippen molar-refractivity contribution in [3.05, 3.63) is 28.8 Å². The number of nitrogens with one attached hydrogen (secondary N) is 1. The molecule has 0 aliphatic carbocycles. The molecule has 4 N–H and O–H groups in total. The van der Waals surface area contributed by atoms with Gasteiger partial charge in [-0.3, -0.25) is 10.2 Å². The molecule has 0 aliphatic rings. The van der Waals surface area contributed by atoms with Gasteiger partial charge in [0, 0.05) is 6.42 Å². The maximum Gasteiger partial charge on any atom is 0.234 e. The van der Waals surface area contributed by atoms with Gasteiger partial charge in [0.2, 0.25) is 5.91 Å². The van der Waals surface area contributed by atoms with E-state index in [9.17, 15) is 9.90 Å². The lowest BCUT2D eigenvalue weighted by Gasteiger charge is -2.07. The van der Waals surface area contributed by atoms with E-state index in [0.29, 0.717) is 18.6 Å². The molecular formula is C11H16N2O2. The van der Waals surface area contributed by atoms with Gasteiger partial charge in [0.25, 0.3) is 0 Å². The average molecular weight is 208 g/mol. The number of phenolic OH excluding ortho intramolecular Hbond substituents is 1. The van der Waals surface area contributed by atoms with Gasteiger partial charge in [0.15, 0.2) is 0 Å². The SMILES string of the molecule is Cc1cc(CCC(=O)NN)cc(C)c1O. The van der Waals surface area contributed by atoms with Crippen molar-refractivity contribution in [2.75, 3.05) is 0 Å². The molecule has 0 fully saturated rings. The summed E-state index contributed by atoms with van der Waals surface area (Å²) >= 11 is 0. The third-order valence-corrected chi connectivity index (χ3v) is 2.35. The lowest BCUT2D eigenvalue weighted by Crippen LogP contribution is -2.30. The van der Waals surface area contributed by atoms with E-state index in [2.05, 4.69) is 5.43 Å². The van der Waals surface area contributed by atoms with Crippen molar-refractivity contribution in [2.24, 2.45) is 5.84 Å². The summed E-state index contributed by atoms with van der Waals surface area (Å²) in [5.41, 5.74) is 4.78. The number of hydrogen-bond donors (Lipinski definition) is 3.